The third-order valence-corrected chi connectivity index (χ3v) is 3.82. The monoisotopic (exact) mass is 352 g/mol. The third-order valence-electron chi connectivity index (χ3n) is 3.82. The van der Waals surface area contributed by atoms with Crippen LogP contribution in [-0.2, 0) is 6.42 Å². The molecule has 1 unspecified atom stereocenters. The average Bonchev–Trinajstić information content (AvgIpc) is 3.19. The fourth-order valence-corrected chi connectivity index (χ4v) is 2.41. The van der Waals surface area contributed by atoms with Crippen LogP contribution in [0.4, 0.5) is 11.6 Å². The molecule has 2 aromatic heterocycles. The Morgan fingerprint density at radius 1 is 1.12 bits per heavy atom. The van der Waals surface area contributed by atoms with Crippen molar-refractivity contribution in [1.29, 1.82) is 0 Å². The van der Waals surface area contributed by atoms with E-state index in [-0.39, 0.29) is 18.4 Å². The molecule has 134 valence electrons. The summed E-state index contributed by atoms with van der Waals surface area (Å²) >= 11 is 0. The van der Waals surface area contributed by atoms with Crippen molar-refractivity contribution in [3.05, 3.63) is 72.4 Å². The molecule has 3 rings (SSSR count). The second kappa shape index (κ2) is 8.77. The molecule has 26 heavy (non-hydrogen) atoms. The maximum absolute atomic E-state index is 12.2. The lowest BCUT2D eigenvalue weighted by Gasteiger charge is -2.13. The topological polar surface area (TPSA) is 100 Å². The Bertz CT molecular complexity index is 805. The summed E-state index contributed by atoms with van der Waals surface area (Å²) < 4.78 is 5.27. The second-order valence-corrected chi connectivity index (χ2v) is 5.83. The van der Waals surface area contributed by atoms with Crippen molar-refractivity contribution in [3.63, 3.8) is 0 Å². The molecule has 0 aliphatic rings. The van der Waals surface area contributed by atoms with Crippen molar-refractivity contribution in [2.24, 2.45) is 5.92 Å². The lowest BCUT2D eigenvalue weighted by atomic mass is 10.1. The molecule has 0 bridgehead atoms. The van der Waals surface area contributed by atoms with Crippen molar-refractivity contribution < 1.29 is 14.3 Å². The summed E-state index contributed by atoms with van der Waals surface area (Å²) in [6.45, 7) is 0.289. The first-order valence-corrected chi connectivity index (χ1v) is 8.30. The van der Waals surface area contributed by atoms with Gasteiger partial charge < -0.3 is 20.2 Å². The molecule has 2 heterocycles. The molecule has 0 spiro atoms. The van der Waals surface area contributed by atoms with Gasteiger partial charge in [-0.15, -0.1) is 0 Å². The molecule has 7 nitrogen and oxygen atoms in total. The van der Waals surface area contributed by atoms with E-state index in [0.29, 0.717) is 24.5 Å². The Balaban J connectivity index is 1.52. The summed E-state index contributed by atoms with van der Waals surface area (Å²) in [4.78, 5) is 20.5. The van der Waals surface area contributed by atoms with Gasteiger partial charge in [-0.2, -0.15) is 0 Å². The van der Waals surface area contributed by atoms with Gasteiger partial charge in [0.25, 0.3) is 5.91 Å². The van der Waals surface area contributed by atoms with Gasteiger partial charge >= 0.3 is 0 Å². The number of furan rings is 1. The molecule has 0 aliphatic heterocycles. The standard InChI is InChI=1S/C19H20N4O3/c24-13-14(9-17-7-4-8-26-17)10-20-18(25)15-11-21-19(22-12-15)23-16-5-2-1-3-6-16/h1-8,11-12,14,24H,9-10,13H2,(H,20,25)(H,21,22,23). The number of amides is 1. The number of para-hydroxylation sites is 1. The SMILES string of the molecule is O=C(NCC(CO)Cc1ccco1)c1cnc(Nc2ccccc2)nc1. The predicted octanol–water partition coefficient (Wildman–Crippen LogP) is 2.39. The van der Waals surface area contributed by atoms with Gasteiger partial charge in [0.1, 0.15) is 5.76 Å². The number of nitrogens with one attached hydrogen (secondary N) is 2. The highest BCUT2D eigenvalue weighted by atomic mass is 16.3. The van der Waals surface area contributed by atoms with Crippen LogP contribution in [0, 0.1) is 5.92 Å². The summed E-state index contributed by atoms with van der Waals surface area (Å²) in [5.41, 5.74) is 1.23. The van der Waals surface area contributed by atoms with Crippen LogP contribution in [0.2, 0.25) is 0 Å². The van der Waals surface area contributed by atoms with Gasteiger partial charge in [-0.1, -0.05) is 18.2 Å². The molecule has 1 atom stereocenters. The lowest BCUT2D eigenvalue weighted by molar-refractivity contribution is 0.0938. The van der Waals surface area contributed by atoms with Gasteiger partial charge in [0.15, 0.2) is 0 Å². The van der Waals surface area contributed by atoms with Gasteiger partial charge in [0.05, 0.1) is 11.8 Å². The van der Waals surface area contributed by atoms with Crippen LogP contribution in [0.5, 0.6) is 0 Å². The summed E-state index contributed by atoms with van der Waals surface area (Å²) in [6.07, 6.45) is 5.08. The molecule has 7 heteroatoms. The summed E-state index contributed by atoms with van der Waals surface area (Å²) in [5, 5.41) is 15.3. The molecule has 3 N–H and O–H groups in total. The van der Waals surface area contributed by atoms with Gasteiger partial charge in [-0.25, -0.2) is 9.97 Å². The van der Waals surface area contributed by atoms with E-state index in [1.54, 1.807) is 12.3 Å². The van der Waals surface area contributed by atoms with Crippen LogP contribution >= 0.6 is 0 Å². The quantitative estimate of drug-likeness (QED) is 0.576. The van der Waals surface area contributed by atoms with Crippen LogP contribution in [0.25, 0.3) is 0 Å². The maximum Gasteiger partial charge on any atom is 0.254 e. The van der Waals surface area contributed by atoms with Gasteiger partial charge in [-0.3, -0.25) is 4.79 Å². The number of carbonyl (C=O) groups is 1. The molecule has 0 aliphatic carbocycles. The fourth-order valence-electron chi connectivity index (χ4n) is 2.41. The molecule has 0 saturated carbocycles. The molecule has 0 fully saturated rings. The Kier molecular flexibility index (Phi) is 5.95. The highest BCUT2D eigenvalue weighted by Gasteiger charge is 2.13. The van der Waals surface area contributed by atoms with Crippen LogP contribution in [0.1, 0.15) is 16.1 Å². The van der Waals surface area contributed by atoms with Gasteiger partial charge in [-0.05, 0) is 24.3 Å². The van der Waals surface area contributed by atoms with Crippen LogP contribution in [0.15, 0.2) is 65.5 Å². The Morgan fingerprint density at radius 2 is 1.88 bits per heavy atom. The first-order valence-electron chi connectivity index (χ1n) is 8.30. The Hall–Kier alpha value is -3.19. The molecular weight excluding hydrogens is 332 g/mol. The van der Waals surface area contributed by atoms with E-state index >= 15 is 0 Å². The summed E-state index contributed by atoms with van der Waals surface area (Å²) in [6, 6.07) is 13.2. The zero-order valence-corrected chi connectivity index (χ0v) is 14.1. The van der Waals surface area contributed by atoms with Crippen molar-refractivity contribution in [1.82, 2.24) is 15.3 Å². The molecule has 0 saturated heterocycles. The number of benzene rings is 1. The number of aliphatic hydroxyl groups is 1. The largest absolute Gasteiger partial charge is 0.469 e. The Labute approximate surface area is 151 Å². The van der Waals surface area contributed by atoms with E-state index in [1.807, 2.05) is 36.4 Å². The fraction of sp³-hybridized carbons (Fsp3) is 0.211. The number of hydrogen-bond acceptors (Lipinski definition) is 6. The first kappa shape index (κ1) is 17.6. The van der Waals surface area contributed by atoms with Crippen molar-refractivity contribution in [2.75, 3.05) is 18.5 Å². The number of carbonyl (C=O) groups excluding carboxylic acids is 1. The smallest absolute Gasteiger partial charge is 0.254 e. The normalized spacial score (nSPS) is 11.7. The highest BCUT2D eigenvalue weighted by Crippen LogP contribution is 2.12. The Morgan fingerprint density at radius 3 is 2.54 bits per heavy atom. The van der Waals surface area contributed by atoms with E-state index in [2.05, 4.69) is 20.6 Å². The van der Waals surface area contributed by atoms with Gasteiger partial charge in [0.2, 0.25) is 5.95 Å². The van der Waals surface area contributed by atoms with Crippen molar-refractivity contribution in [3.8, 4) is 0 Å². The van der Waals surface area contributed by atoms with E-state index in [4.69, 9.17) is 4.42 Å². The summed E-state index contributed by atoms with van der Waals surface area (Å²) in [5.74, 6) is 0.788. The number of hydrogen-bond donors (Lipinski definition) is 3. The van der Waals surface area contributed by atoms with Crippen molar-refractivity contribution in [2.45, 2.75) is 6.42 Å². The van der Waals surface area contributed by atoms with E-state index in [9.17, 15) is 9.90 Å². The zero-order valence-electron chi connectivity index (χ0n) is 14.1. The van der Waals surface area contributed by atoms with Crippen molar-refractivity contribution >= 4 is 17.5 Å². The average molecular weight is 352 g/mol. The minimum Gasteiger partial charge on any atom is -0.469 e. The zero-order chi connectivity index (χ0) is 18.2. The van der Waals surface area contributed by atoms with E-state index in [1.165, 1.54) is 12.4 Å². The number of aliphatic hydroxyl groups excluding tert-OH is 1. The molecule has 1 aromatic carbocycles. The summed E-state index contributed by atoms with van der Waals surface area (Å²) in [7, 11) is 0. The lowest BCUT2D eigenvalue weighted by Crippen LogP contribution is -2.32. The molecule has 0 radical (unpaired) electrons. The van der Waals surface area contributed by atoms with Crippen LogP contribution in [-0.4, -0.2) is 34.1 Å². The minimum atomic E-state index is -0.283. The number of anilines is 2. The first-order chi connectivity index (χ1) is 12.7. The number of aromatic nitrogens is 2. The molecular formula is C19H20N4O3. The predicted molar refractivity (Wildman–Crippen MR) is 97.1 cm³/mol. The second-order valence-electron chi connectivity index (χ2n) is 5.83. The van der Waals surface area contributed by atoms with E-state index in [0.717, 1.165) is 11.4 Å². The third kappa shape index (κ3) is 4.90. The number of nitrogens with zero attached hydrogens (tertiary/aromatic N) is 2. The number of rotatable bonds is 8. The minimum absolute atomic E-state index is 0.0442. The molecule has 3 aromatic rings. The highest BCUT2D eigenvalue weighted by molar-refractivity contribution is 5.93. The van der Waals surface area contributed by atoms with Crippen LogP contribution in [0.3, 0.4) is 0 Å². The van der Waals surface area contributed by atoms with E-state index < -0.39 is 0 Å². The maximum atomic E-state index is 12.2. The van der Waals surface area contributed by atoms with Crippen LogP contribution < -0.4 is 10.6 Å². The van der Waals surface area contributed by atoms with Gasteiger partial charge in [0, 0.05) is 43.6 Å². The molecule has 1 amide bonds.